The molecule has 0 bridgehead atoms. The van der Waals surface area contributed by atoms with Crippen molar-refractivity contribution in [2.75, 3.05) is 0 Å². The molecule has 3 unspecified atom stereocenters. The van der Waals surface area contributed by atoms with Crippen molar-refractivity contribution in [1.82, 2.24) is 0 Å². The molecule has 0 aliphatic heterocycles. The summed E-state index contributed by atoms with van der Waals surface area (Å²) in [5, 5.41) is 0. The molecule has 146 valence electrons. The van der Waals surface area contributed by atoms with Crippen molar-refractivity contribution in [1.29, 1.82) is 0 Å². The lowest BCUT2D eigenvalue weighted by Crippen LogP contribution is -2.14. The lowest BCUT2D eigenvalue weighted by Gasteiger charge is -2.15. The van der Waals surface area contributed by atoms with E-state index in [0.29, 0.717) is 5.92 Å². The number of halogens is 2. The molecule has 4 rings (SSSR count). The zero-order valence-corrected chi connectivity index (χ0v) is 17.6. The highest BCUT2D eigenvalue weighted by Gasteiger charge is 2.62. The number of rotatable bonds is 5. The Morgan fingerprint density at radius 1 is 1.07 bits per heavy atom. The Labute approximate surface area is 176 Å². The number of esters is 1. The van der Waals surface area contributed by atoms with E-state index in [1.165, 1.54) is 11.1 Å². The minimum Gasteiger partial charge on any atom is -0.457 e. The highest BCUT2D eigenvalue weighted by Crippen LogP contribution is 2.60. The molecule has 2 aromatic rings. The molecule has 0 aromatic heterocycles. The number of fused-ring (bicyclic) bond motifs is 1. The molecule has 4 atom stereocenters. The zero-order chi connectivity index (χ0) is 19.9. The normalized spacial score (nSPS) is 27.0. The Kier molecular flexibility index (Phi) is 5.28. The van der Waals surface area contributed by atoms with Crippen LogP contribution in [0.15, 0.2) is 65.2 Å². The van der Waals surface area contributed by atoms with Crippen molar-refractivity contribution in [3.63, 3.8) is 0 Å². The first-order valence-electron chi connectivity index (χ1n) is 9.74. The van der Waals surface area contributed by atoms with Crippen LogP contribution in [0.1, 0.15) is 49.0 Å². The molecule has 0 heterocycles. The van der Waals surface area contributed by atoms with Gasteiger partial charge in [0, 0.05) is 0 Å². The van der Waals surface area contributed by atoms with Gasteiger partial charge in [-0.2, -0.15) is 0 Å². The molecule has 28 heavy (non-hydrogen) atoms. The first-order chi connectivity index (χ1) is 13.4. The molecule has 2 aliphatic carbocycles. The summed E-state index contributed by atoms with van der Waals surface area (Å²) in [5.74, 6) is 0.0414. The number of hydrogen-bond donors (Lipinski definition) is 0. The lowest BCUT2D eigenvalue weighted by molar-refractivity contribution is -0.152. The second-order valence-corrected chi connectivity index (χ2v) is 9.47. The van der Waals surface area contributed by atoms with Gasteiger partial charge in [-0.25, -0.2) is 0 Å². The fourth-order valence-corrected chi connectivity index (χ4v) is 4.95. The SMILES string of the molecule is CC1(C)C(C=C(Cl)Cl)[C@H]1C(=O)OC1CC(Cc2ccccc2)c2ccccc21. The van der Waals surface area contributed by atoms with E-state index in [-0.39, 0.29) is 33.8 Å². The van der Waals surface area contributed by atoms with Crippen molar-refractivity contribution in [2.45, 2.75) is 38.7 Å². The fraction of sp³-hybridized carbons (Fsp3) is 0.375. The third-order valence-corrected chi connectivity index (χ3v) is 6.59. The van der Waals surface area contributed by atoms with Gasteiger partial charge >= 0.3 is 5.97 Å². The minimum absolute atomic E-state index is 0.0294. The van der Waals surface area contributed by atoms with Crippen LogP contribution in [0.4, 0.5) is 0 Å². The van der Waals surface area contributed by atoms with E-state index in [0.717, 1.165) is 18.4 Å². The van der Waals surface area contributed by atoms with Gasteiger partial charge < -0.3 is 4.74 Å². The van der Waals surface area contributed by atoms with Gasteiger partial charge in [-0.15, -0.1) is 0 Å². The van der Waals surface area contributed by atoms with Gasteiger partial charge in [0.05, 0.1) is 5.92 Å². The van der Waals surface area contributed by atoms with E-state index >= 15 is 0 Å². The molecule has 0 N–H and O–H groups in total. The molecule has 2 nitrogen and oxygen atoms in total. The summed E-state index contributed by atoms with van der Waals surface area (Å²) in [5.41, 5.74) is 3.56. The van der Waals surface area contributed by atoms with Crippen molar-refractivity contribution in [3.8, 4) is 0 Å². The highest BCUT2D eigenvalue weighted by molar-refractivity contribution is 6.55. The van der Waals surface area contributed by atoms with Crippen molar-refractivity contribution >= 4 is 29.2 Å². The van der Waals surface area contributed by atoms with Crippen LogP contribution in [0.5, 0.6) is 0 Å². The van der Waals surface area contributed by atoms with Crippen molar-refractivity contribution < 1.29 is 9.53 Å². The molecule has 4 heteroatoms. The molecular formula is C24H24Cl2O2. The zero-order valence-electron chi connectivity index (χ0n) is 16.1. The molecule has 0 radical (unpaired) electrons. The van der Waals surface area contributed by atoms with Gasteiger partial charge in [0.1, 0.15) is 10.6 Å². The van der Waals surface area contributed by atoms with Crippen molar-refractivity contribution in [3.05, 3.63) is 81.9 Å². The van der Waals surface area contributed by atoms with E-state index in [1.807, 2.05) is 12.1 Å². The van der Waals surface area contributed by atoms with Gasteiger partial charge in [-0.3, -0.25) is 4.79 Å². The molecular weight excluding hydrogens is 391 g/mol. The predicted molar refractivity (Wildman–Crippen MR) is 113 cm³/mol. The Balaban J connectivity index is 1.50. The first-order valence-corrected chi connectivity index (χ1v) is 10.5. The van der Waals surface area contributed by atoms with Crippen LogP contribution in [0, 0.1) is 17.3 Å². The number of benzene rings is 2. The average molecular weight is 415 g/mol. The molecule has 2 aliphatic rings. The first kappa shape index (κ1) is 19.5. The molecule has 0 spiro atoms. The maximum atomic E-state index is 12.9. The van der Waals surface area contributed by atoms with Crippen LogP contribution in [-0.4, -0.2) is 5.97 Å². The van der Waals surface area contributed by atoms with Gasteiger partial charge in [0.2, 0.25) is 0 Å². The summed E-state index contributed by atoms with van der Waals surface area (Å²) in [7, 11) is 0. The van der Waals surface area contributed by atoms with E-state index in [4.69, 9.17) is 27.9 Å². The van der Waals surface area contributed by atoms with E-state index < -0.39 is 0 Å². The van der Waals surface area contributed by atoms with Crippen LogP contribution >= 0.6 is 23.2 Å². The number of hydrogen-bond acceptors (Lipinski definition) is 2. The Morgan fingerprint density at radius 2 is 1.71 bits per heavy atom. The fourth-order valence-electron chi connectivity index (χ4n) is 4.68. The quantitative estimate of drug-likeness (QED) is 0.515. The van der Waals surface area contributed by atoms with Crippen LogP contribution in [0.25, 0.3) is 0 Å². The number of ether oxygens (including phenoxy) is 1. The second-order valence-electron chi connectivity index (χ2n) is 8.46. The second kappa shape index (κ2) is 7.57. The molecule has 2 aromatic carbocycles. The Morgan fingerprint density at radius 3 is 2.39 bits per heavy atom. The number of carbonyl (C=O) groups excluding carboxylic acids is 1. The summed E-state index contributed by atoms with van der Waals surface area (Å²) in [4.78, 5) is 12.9. The lowest BCUT2D eigenvalue weighted by atomic mass is 9.94. The van der Waals surface area contributed by atoms with E-state index in [2.05, 4.69) is 56.3 Å². The van der Waals surface area contributed by atoms with Gasteiger partial charge in [-0.1, -0.05) is 91.6 Å². The Hall–Kier alpha value is -1.77. The topological polar surface area (TPSA) is 26.3 Å². The van der Waals surface area contributed by atoms with E-state index in [1.54, 1.807) is 6.08 Å². The summed E-state index contributed by atoms with van der Waals surface area (Å²) >= 11 is 11.6. The molecule has 0 saturated heterocycles. The summed E-state index contributed by atoms with van der Waals surface area (Å²) in [6.07, 6.45) is 3.35. The summed E-state index contributed by atoms with van der Waals surface area (Å²) in [6.45, 7) is 4.11. The molecule has 1 saturated carbocycles. The average Bonchev–Trinajstić information content (AvgIpc) is 3.02. The number of carbonyl (C=O) groups is 1. The maximum Gasteiger partial charge on any atom is 0.310 e. The smallest absolute Gasteiger partial charge is 0.310 e. The monoisotopic (exact) mass is 414 g/mol. The van der Waals surface area contributed by atoms with Crippen LogP contribution in [-0.2, 0) is 16.0 Å². The van der Waals surface area contributed by atoms with Gasteiger partial charge in [0.15, 0.2) is 0 Å². The van der Waals surface area contributed by atoms with Crippen LogP contribution < -0.4 is 0 Å². The molecule has 1 fully saturated rings. The number of allylic oxidation sites excluding steroid dienone is 1. The van der Waals surface area contributed by atoms with Gasteiger partial charge in [0.25, 0.3) is 0 Å². The van der Waals surface area contributed by atoms with Gasteiger partial charge in [-0.05, 0) is 52.9 Å². The summed E-state index contributed by atoms with van der Waals surface area (Å²) < 4.78 is 6.23. The summed E-state index contributed by atoms with van der Waals surface area (Å²) in [6, 6.07) is 18.8. The van der Waals surface area contributed by atoms with Crippen molar-refractivity contribution in [2.24, 2.45) is 17.3 Å². The minimum atomic E-state index is -0.194. The van der Waals surface area contributed by atoms with Crippen LogP contribution in [0.3, 0.4) is 0 Å². The molecule has 0 amide bonds. The highest BCUT2D eigenvalue weighted by atomic mass is 35.5. The maximum absolute atomic E-state index is 12.9. The van der Waals surface area contributed by atoms with E-state index in [9.17, 15) is 4.79 Å². The standard InChI is InChI=1S/C24H24Cl2O2/c1-24(2)19(14-21(25)26)22(24)23(27)28-20-13-16(12-15-8-4-3-5-9-15)17-10-6-7-11-18(17)20/h3-11,14,16,19-20,22H,12-13H2,1-2H3/t16?,19?,20?,22-/m0/s1. The third-order valence-electron chi connectivity index (χ3n) is 6.33. The van der Waals surface area contributed by atoms with Crippen LogP contribution in [0.2, 0.25) is 0 Å². The Bertz CT molecular complexity index is 900. The predicted octanol–water partition coefficient (Wildman–Crippen LogP) is 6.59. The largest absolute Gasteiger partial charge is 0.457 e. The third kappa shape index (κ3) is 3.73.